The van der Waals surface area contributed by atoms with Gasteiger partial charge in [-0.3, -0.25) is 0 Å². The molecule has 1 heterocycles. The van der Waals surface area contributed by atoms with Crippen LogP contribution < -0.4 is 0 Å². The summed E-state index contributed by atoms with van der Waals surface area (Å²) >= 11 is 0. The molecule has 0 aromatic carbocycles. The van der Waals surface area contributed by atoms with Gasteiger partial charge >= 0.3 is 0 Å². The van der Waals surface area contributed by atoms with E-state index in [0.29, 0.717) is 0 Å². The molecule has 0 saturated carbocycles. The van der Waals surface area contributed by atoms with Gasteiger partial charge in [-0.15, -0.1) is 0 Å². The van der Waals surface area contributed by atoms with Crippen LogP contribution in [0.5, 0.6) is 0 Å². The van der Waals surface area contributed by atoms with Crippen molar-refractivity contribution in [3.8, 4) is 0 Å². The summed E-state index contributed by atoms with van der Waals surface area (Å²) in [6.45, 7) is 7.60. The van der Waals surface area contributed by atoms with Crippen LogP contribution in [0.25, 0.3) is 0 Å². The zero-order valence-electron chi connectivity index (χ0n) is 7.26. The first-order chi connectivity index (χ1) is 5.43. The fourth-order valence-electron chi connectivity index (χ4n) is 1.56. The predicted octanol–water partition coefficient (Wildman–Crippen LogP) is 2.25. The molecule has 0 unspecified atom stereocenters. The molecular weight excluding hydrogens is 134 g/mol. The van der Waals surface area contributed by atoms with E-state index in [9.17, 15) is 0 Å². The molecule has 0 atom stereocenters. The van der Waals surface area contributed by atoms with Gasteiger partial charge < -0.3 is 4.90 Å². The molecule has 0 amide bonds. The second kappa shape index (κ2) is 5.36. The Morgan fingerprint density at radius 2 is 2.00 bits per heavy atom. The van der Waals surface area contributed by atoms with Crippen molar-refractivity contribution in [2.75, 3.05) is 19.6 Å². The van der Waals surface area contributed by atoms with Crippen LogP contribution >= 0.6 is 0 Å². The highest BCUT2D eigenvalue weighted by atomic mass is 15.1. The summed E-state index contributed by atoms with van der Waals surface area (Å²) in [5.41, 5.74) is 0. The number of rotatable bonds is 4. The number of nitrogens with zero attached hydrogens (tertiary/aromatic N) is 1. The molecule has 11 heavy (non-hydrogen) atoms. The highest BCUT2D eigenvalue weighted by Gasteiger charge is 2.09. The third-order valence-electron chi connectivity index (χ3n) is 2.21. The summed E-state index contributed by atoms with van der Waals surface area (Å²) in [6, 6.07) is 0. The molecule has 1 radical (unpaired) electrons. The summed E-state index contributed by atoms with van der Waals surface area (Å²) < 4.78 is 0. The van der Waals surface area contributed by atoms with Gasteiger partial charge in [0.25, 0.3) is 0 Å². The minimum atomic E-state index is 1.19. The van der Waals surface area contributed by atoms with Crippen molar-refractivity contribution >= 4 is 0 Å². The lowest BCUT2D eigenvalue weighted by atomic mass is 10.3. The second-order valence-electron chi connectivity index (χ2n) is 3.16. The summed E-state index contributed by atoms with van der Waals surface area (Å²) in [7, 11) is 0. The van der Waals surface area contributed by atoms with Crippen molar-refractivity contribution in [1.29, 1.82) is 0 Å². The van der Waals surface area contributed by atoms with Crippen LogP contribution in [-0.2, 0) is 0 Å². The van der Waals surface area contributed by atoms with Crippen molar-refractivity contribution in [3.63, 3.8) is 0 Å². The molecule has 1 fully saturated rings. The van der Waals surface area contributed by atoms with Gasteiger partial charge in [0.2, 0.25) is 0 Å². The van der Waals surface area contributed by atoms with E-state index in [-0.39, 0.29) is 0 Å². The van der Waals surface area contributed by atoms with Crippen LogP contribution in [0.15, 0.2) is 12.2 Å². The number of allylic oxidation sites excluding steroid dienone is 2. The topological polar surface area (TPSA) is 3.24 Å². The molecule has 1 aliphatic rings. The normalized spacial score (nSPS) is 20.1. The van der Waals surface area contributed by atoms with Gasteiger partial charge in [-0.1, -0.05) is 12.2 Å². The van der Waals surface area contributed by atoms with E-state index in [1.165, 1.54) is 45.3 Å². The Morgan fingerprint density at radius 1 is 1.27 bits per heavy atom. The van der Waals surface area contributed by atoms with Gasteiger partial charge in [-0.25, -0.2) is 0 Å². The molecule has 0 aliphatic carbocycles. The second-order valence-corrected chi connectivity index (χ2v) is 3.16. The third-order valence-corrected chi connectivity index (χ3v) is 2.21. The molecule has 0 aromatic rings. The smallest absolute Gasteiger partial charge is 0.00158 e. The quantitative estimate of drug-likeness (QED) is 0.558. The minimum absolute atomic E-state index is 1.19. The van der Waals surface area contributed by atoms with Crippen LogP contribution in [-0.4, -0.2) is 24.5 Å². The van der Waals surface area contributed by atoms with Gasteiger partial charge in [0.15, 0.2) is 0 Å². The van der Waals surface area contributed by atoms with E-state index >= 15 is 0 Å². The molecule has 0 bridgehead atoms. The standard InChI is InChI=1S/C10H18N/c1-2-3-4-5-8-11-9-6-7-10-11/h2-3H,1,4-10H2/b3-2+. The lowest BCUT2D eigenvalue weighted by molar-refractivity contribution is 0.335. The number of unbranched alkanes of at least 4 members (excludes halogenated alkanes) is 1. The molecule has 1 aliphatic heterocycles. The lowest BCUT2D eigenvalue weighted by Gasteiger charge is -2.12. The highest BCUT2D eigenvalue weighted by molar-refractivity contribution is 4.83. The fourth-order valence-corrected chi connectivity index (χ4v) is 1.56. The van der Waals surface area contributed by atoms with E-state index in [1.807, 2.05) is 6.08 Å². The van der Waals surface area contributed by atoms with Gasteiger partial charge in [0, 0.05) is 0 Å². The van der Waals surface area contributed by atoms with Crippen LogP contribution in [0, 0.1) is 6.92 Å². The van der Waals surface area contributed by atoms with Gasteiger partial charge in [0.1, 0.15) is 0 Å². The number of likely N-dealkylation sites (tertiary alicyclic amines) is 1. The summed E-state index contributed by atoms with van der Waals surface area (Å²) in [5, 5.41) is 0. The van der Waals surface area contributed by atoms with E-state index < -0.39 is 0 Å². The third kappa shape index (κ3) is 3.57. The number of hydrogen-bond donors (Lipinski definition) is 0. The molecule has 1 heteroatoms. The van der Waals surface area contributed by atoms with Crippen LogP contribution in [0.2, 0.25) is 0 Å². The maximum Gasteiger partial charge on any atom is -0.00158 e. The molecule has 1 nitrogen and oxygen atoms in total. The Kier molecular flexibility index (Phi) is 4.29. The van der Waals surface area contributed by atoms with Crippen molar-refractivity contribution in [2.24, 2.45) is 0 Å². The summed E-state index contributed by atoms with van der Waals surface area (Å²) in [5.74, 6) is 0. The van der Waals surface area contributed by atoms with E-state index in [4.69, 9.17) is 0 Å². The van der Waals surface area contributed by atoms with Gasteiger partial charge in [-0.05, 0) is 52.2 Å². The zero-order valence-corrected chi connectivity index (χ0v) is 7.26. The SMILES string of the molecule is [CH2]/C=C/CCCN1CCCC1. The first kappa shape index (κ1) is 8.79. The summed E-state index contributed by atoms with van der Waals surface area (Å²) in [6.07, 6.45) is 9.35. The minimum Gasteiger partial charge on any atom is -0.303 e. The van der Waals surface area contributed by atoms with E-state index in [0.717, 1.165) is 0 Å². The van der Waals surface area contributed by atoms with Crippen molar-refractivity contribution in [1.82, 2.24) is 4.90 Å². The number of hydrogen-bond acceptors (Lipinski definition) is 1. The Hall–Kier alpha value is -0.300. The molecule has 1 saturated heterocycles. The zero-order chi connectivity index (χ0) is 7.94. The van der Waals surface area contributed by atoms with Crippen LogP contribution in [0.3, 0.4) is 0 Å². The van der Waals surface area contributed by atoms with Crippen molar-refractivity contribution in [3.05, 3.63) is 19.1 Å². The maximum atomic E-state index is 3.66. The Bertz CT molecular complexity index is 112. The first-order valence-corrected chi connectivity index (χ1v) is 4.60. The van der Waals surface area contributed by atoms with E-state index in [2.05, 4.69) is 17.9 Å². The Balaban J connectivity index is 1.93. The summed E-state index contributed by atoms with van der Waals surface area (Å²) in [4.78, 5) is 2.55. The lowest BCUT2D eigenvalue weighted by Crippen LogP contribution is -2.19. The largest absolute Gasteiger partial charge is 0.303 e. The van der Waals surface area contributed by atoms with Crippen molar-refractivity contribution < 1.29 is 0 Å². The molecule has 0 spiro atoms. The van der Waals surface area contributed by atoms with Crippen LogP contribution in [0.4, 0.5) is 0 Å². The Labute approximate surface area is 70.1 Å². The van der Waals surface area contributed by atoms with Crippen molar-refractivity contribution in [2.45, 2.75) is 25.7 Å². The van der Waals surface area contributed by atoms with Gasteiger partial charge in [0.05, 0.1) is 0 Å². The molecule has 0 N–H and O–H groups in total. The molecule has 1 rings (SSSR count). The Morgan fingerprint density at radius 3 is 2.64 bits per heavy atom. The maximum absolute atomic E-state index is 3.66. The highest BCUT2D eigenvalue weighted by Crippen LogP contribution is 2.08. The van der Waals surface area contributed by atoms with E-state index in [1.54, 1.807) is 0 Å². The first-order valence-electron chi connectivity index (χ1n) is 4.60. The average Bonchev–Trinajstić information content (AvgIpc) is 2.50. The predicted molar refractivity (Wildman–Crippen MR) is 49.4 cm³/mol. The fraction of sp³-hybridized carbons (Fsp3) is 0.700. The van der Waals surface area contributed by atoms with Crippen LogP contribution in [0.1, 0.15) is 25.7 Å². The molecule has 63 valence electrons. The molecule has 0 aromatic heterocycles. The molecular formula is C10H18N. The van der Waals surface area contributed by atoms with Gasteiger partial charge in [-0.2, -0.15) is 0 Å². The monoisotopic (exact) mass is 152 g/mol. The average molecular weight is 152 g/mol.